The van der Waals surface area contributed by atoms with Gasteiger partial charge in [0.2, 0.25) is 5.91 Å². The van der Waals surface area contributed by atoms with Crippen molar-refractivity contribution in [3.8, 4) is 0 Å². The second-order valence-electron chi connectivity index (χ2n) is 11.6. The highest BCUT2D eigenvalue weighted by Crippen LogP contribution is 2.42. The molecular formula is C42H41NO3. The first-order valence-corrected chi connectivity index (χ1v) is 16.1. The summed E-state index contributed by atoms with van der Waals surface area (Å²) in [5, 5.41) is 11.5. The quantitative estimate of drug-likeness (QED) is 0.0921. The fraction of sp³-hybridized carbons (Fsp3) is 0.190. The SMILES string of the molecule is O=C(O)CCC(=O)NCCCCc1ccc(/C=C/c2ccc(C(c3ccccc3)C(c3ccccc3)c3ccccc3)cc2)cc1. The number of benzene rings is 5. The van der Waals surface area contributed by atoms with Gasteiger partial charge >= 0.3 is 5.97 Å². The molecule has 0 saturated heterocycles. The van der Waals surface area contributed by atoms with Crippen molar-refractivity contribution in [3.05, 3.63) is 178 Å². The summed E-state index contributed by atoms with van der Waals surface area (Å²) in [6.45, 7) is 0.573. The van der Waals surface area contributed by atoms with Crippen molar-refractivity contribution in [3.63, 3.8) is 0 Å². The number of rotatable bonds is 15. The lowest BCUT2D eigenvalue weighted by Crippen LogP contribution is -2.24. The van der Waals surface area contributed by atoms with Crippen LogP contribution in [0.3, 0.4) is 0 Å². The predicted octanol–water partition coefficient (Wildman–Crippen LogP) is 9.12. The van der Waals surface area contributed by atoms with E-state index in [4.69, 9.17) is 5.11 Å². The summed E-state index contributed by atoms with van der Waals surface area (Å²) in [5.74, 6) is -0.820. The van der Waals surface area contributed by atoms with Crippen molar-refractivity contribution in [2.75, 3.05) is 6.54 Å². The molecule has 0 heterocycles. The van der Waals surface area contributed by atoms with Crippen molar-refractivity contribution in [1.82, 2.24) is 5.32 Å². The maximum Gasteiger partial charge on any atom is 0.303 e. The molecule has 0 aromatic heterocycles. The smallest absolute Gasteiger partial charge is 0.303 e. The molecule has 0 saturated carbocycles. The Labute approximate surface area is 272 Å². The molecule has 5 rings (SSSR count). The largest absolute Gasteiger partial charge is 0.481 e. The van der Waals surface area contributed by atoms with Gasteiger partial charge < -0.3 is 10.4 Å². The van der Waals surface area contributed by atoms with Gasteiger partial charge in [-0.3, -0.25) is 9.59 Å². The number of carboxylic acids is 1. The van der Waals surface area contributed by atoms with Crippen LogP contribution in [0.2, 0.25) is 0 Å². The average Bonchev–Trinajstić information content (AvgIpc) is 3.10. The van der Waals surface area contributed by atoms with Gasteiger partial charge in [-0.1, -0.05) is 152 Å². The summed E-state index contributed by atoms with van der Waals surface area (Å²) in [5.41, 5.74) is 8.74. The highest BCUT2D eigenvalue weighted by molar-refractivity contribution is 5.80. The van der Waals surface area contributed by atoms with Crippen LogP contribution in [0, 0.1) is 0 Å². The van der Waals surface area contributed by atoms with Crippen LogP contribution in [0.25, 0.3) is 12.2 Å². The molecule has 2 N–H and O–H groups in total. The van der Waals surface area contributed by atoms with E-state index in [1.807, 2.05) is 0 Å². The van der Waals surface area contributed by atoms with Gasteiger partial charge in [0.25, 0.3) is 0 Å². The first kappa shape index (κ1) is 32.2. The Bertz CT molecular complexity index is 1640. The molecule has 1 atom stereocenters. The minimum absolute atomic E-state index is 0.0334. The standard InChI is InChI=1S/C42H41NO3/c44-39(29-30-40(45)46)43-31-11-10-12-32-19-21-33(22-20-32)23-24-34-25-27-38(28-26-34)42(37-17-8-3-9-18-37)41(35-13-4-1-5-14-35)36-15-6-2-7-16-36/h1-9,13-28,41-42H,10-12,29-31H2,(H,43,44)(H,45,46)/b24-23+. The molecule has 0 radical (unpaired) electrons. The van der Waals surface area contributed by atoms with E-state index < -0.39 is 5.97 Å². The van der Waals surface area contributed by atoms with E-state index in [0.29, 0.717) is 6.54 Å². The third-order valence-corrected chi connectivity index (χ3v) is 8.33. The van der Waals surface area contributed by atoms with Gasteiger partial charge in [0.1, 0.15) is 0 Å². The Morgan fingerprint density at radius 2 is 0.978 bits per heavy atom. The molecule has 0 aliphatic rings. The Balaban J connectivity index is 1.24. The number of nitrogens with one attached hydrogen (secondary N) is 1. The number of carboxylic acid groups (broad SMARTS) is 1. The molecule has 0 fully saturated rings. The lowest BCUT2D eigenvalue weighted by Gasteiger charge is -2.29. The fourth-order valence-corrected chi connectivity index (χ4v) is 5.93. The summed E-state index contributed by atoms with van der Waals surface area (Å²) in [4.78, 5) is 22.2. The molecule has 0 aliphatic heterocycles. The molecule has 4 nitrogen and oxygen atoms in total. The molecule has 4 heteroatoms. The highest BCUT2D eigenvalue weighted by atomic mass is 16.4. The van der Waals surface area contributed by atoms with Crippen LogP contribution >= 0.6 is 0 Å². The number of hydrogen-bond acceptors (Lipinski definition) is 2. The van der Waals surface area contributed by atoms with Gasteiger partial charge in [-0.2, -0.15) is 0 Å². The molecule has 232 valence electrons. The maximum absolute atomic E-state index is 11.6. The van der Waals surface area contributed by atoms with Crippen LogP contribution in [0.15, 0.2) is 140 Å². The van der Waals surface area contributed by atoms with Gasteiger partial charge in [0.05, 0.1) is 6.42 Å². The number of carbonyl (C=O) groups excluding carboxylic acids is 1. The zero-order chi connectivity index (χ0) is 32.0. The fourth-order valence-electron chi connectivity index (χ4n) is 5.93. The monoisotopic (exact) mass is 607 g/mol. The van der Waals surface area contributed by atoms with Crippen LogP contribution in [0.1, 0.15) is 76.5 Å². The van der Waals surface area contributed by atoms with Crippen LogP contribution in [-0.2, 0) is 16.0 Å². The second kappa shape index (κ2) is 16.7. The zero-order valence-corrected chi connectivity index (χ0v) is 26.1. The number of hydrogen-bond donors (Lipinski definition) is 2. The van der Waals surface area contributed by atoms with E-state index in [9.17, 15) is 9.59 Å². The molecule has 1 amide bonds. The number of unbranched alkanes of at least 4 members (excludes halogenated alkanes) is 1. The first-order chi connectivity index (χ1) is 22.6. The van der Waals surface area contributed by atoms with E-state index in [2.05, 4.69) is 157 Å². The number of carbonyl (C=O) groups is 2. The summed E-state index contributed by atoms with van der Waals surface area (Å²) in [6, 6.07) is 50.0. The van der Waals surface area contributed by atoms with E-state index in [1.54, 1.807) is 0 Å². The van der Waals surface area contributed by atoms with Crippen molar-refractivity contribution in [1.29, 1.82) is 0 Å². The van der Waals surface area contributed by atoms with Crippen LogP contribution in [0.4, 0.5) is 0 Å². The molecule has 5 aromatic carbocycles. The van der Waals surface area contributed by atoms with Gasteiger partial charge in [0, 0.05) is 24.8 Å². The van der Waals surface area contributed by atoms with E-state index >= 15 is 0 Å². The summed E-state index contributed by atoms with van der Waals surface area (Å²) in [6.07, 6.45) is 6.97. The van der Waals surface area contributed by atoms with Crippen LogP contribution in [0.5, 0.6) is 0 Å². The minimum Gasteiger partial charge on any atom is -0.481 e. The molecule has 0 aliphatic carbocycles. The lowest BCUT2D eigenvalue weighted by molar-refractivity contribution is -0.138. The summed E-state index contributed by atoms with van der Waals surface area (Å²) < 4.78 is 0. The first-order valence-electron chi connectivity index (χ1n) is 16.1. The molecule has 46 heavy (non-hydrogen) atoms. The Hall–Kier alpha value is -5.22. The molecule has 0 bridgehead atoms. The summed E-state index contributed by atoms with van der Waals surface area (Å²) in [7, 11) is 0. The van der Waals surface area contributed by atoms with Gasteiger partial charge in [-0.15, -0.1) is 0 Å². The molecule has 0 spiro atoms. The highest BCUT2D eigenvalue weighted by Gasteiger charge is 2.28. The van der Waals surface area contributed by atoms with Gasteiger partial charge in [-0.25, -0.2) is 0 Å². The van der Waals surface area contributed by atoms with Gasteiger partial charge in [0.15, 0.2) is 0 Å². The lowest BCUT2D eigenvalue weighted by atomic mass is 9.73. The minimum atomic E-state index is -0.949. The van der Waals surface area contributed by atoms with E-state index in [1.165, 1.54) is 27.8 Å². The van der Waals surface area contributed by atoms with Gasteiger partial charge in [-0.05, 0) is 58.2 Å². The summed E-state index contributed by atoms with van der Waals surface area (Å²) >= 11 is 0. The Morgan fingerprint density at radius 3 is 1.43 bits per heavy atom. The van der Waals surface area contributed by atoms with Crippen molar-refractivity contribution >= 4 is 24.0 Å². The van der Waals surface area contributed by atoms with Crippen LogP contribution in [-0.4, -0.2) is 23.5 Å². The Morgan fingerprint density at radius 1 is 0.543 bits per heavy atom. The molecular weight excluding hydrogens is 566 g/mol. The van der Waals surface area contributed by atoms with Crippen molar-refractivity contribution < 1.29 is 14.7 Å². The molecule has 5 aromatic rings. The van der Waals surface area contributed by atoms with Crippen molar-refractivity contribution in [2.24, 2.45) is 0 Å². The second-order valence-corrected chi connectivity index (χ2v) is 11.6. The predicted molar refractivity (Wildman–Crippen MR) is 188 cm³/mol. The Kier molecular flexibility index (Phi) is 11.7. The van der Waals surface area contributed by atoms with E-state index in [0.717, 1.165) is 30.4 Å². The normalized spacial score (nSPS) is 11.8. The number of aliphatic carboxylic acids is 1. The topological polar surface area (TPSA) is 66.4 Å². The van der Waals surface area contributed by atoms with Crippen LogP contribution < -0.4 is 5.32 Å². The van der Waals surface area contributed by atoms with Crippen molar-refractivity contribution in [2.45, 2.75) is 43.9 Å². The van der Waals surface area contributed by atoms with E-state index in [-0.39, 0.29) is 30.6 Å². The average molecular weight is 608 g/mol. The number of aryl methyl sites for hydroxylation is 1. The number of amides is 1. The third kappa shape index (κ3) is 9.39. The third-order valence-electron chi connectivity index (χ3n) is 8.33. The zero-order valence-electron chi connectivity index (χ0n) is 26.1. The molecule has 1 unspecified atom stereocenters. The maximum atomic E-state index is 11.6.